The van der Waals surface area contributed by atoms with Crippen LogP contribution in [0.3, 0.4) is 0 Å². The summed E-state index contributed by atoms with van der Waals surface area (Å²) in [6, 6.07) is 13.9. The first-order valence-electron chi connectivity index (χ1n) is 9.73. The van der Waals surface area contributed by atoms with E-state index in [2.05, 4.69) is 19.2 Å². The fourth-order valence-electron chi connectivity index (χ4n) is 3.67. The fourth-order valence-corrected chi connectivity index (χ4v) is 3.67. The zero-order valence-electron chi connectivity index (χ0n) is 16.7. The van der Waals surface area contributed by atoms with Crippen LogP contribution in [0.4, 0.5) is 0 Å². The molecule has 1 aliphatic heterocycles. The average molecular weight is 367 g/mol. The summed E-state index contributed by atoms with van der Waals surface area (Å²) < 4.78 is 12.1. The highest BCUT2D eigenvalue weighted by Gasteiger charge is 2.38. The molecule has 2 aromatic carbocycles. The van der Waals surface area contributed by atoms with Gasteiger partial charge >= 0.3 is 0 Å². The molecule has 4 heteroatoms. The van der Waals surface area contributed by atoms with Crippen LogP contribution in [0.15, 0.2) is 42.5 Å². The monoisotopic (exact) mass is 367 g/mol. The fraction of sp³-hybridized carbons (Fsp3) is 0.435. The zero-order valence-corrected chi connectivity index (χ0v) is 16.7. The van der Waals surface area contributed by atoms with Crippen molar-refractivity contribution in [1.29, 1.82) is 0 Å². The van der Waals surface area contributed by atoms with Crippen molar-refractivity contribution >= 4 is 5.91 Å². The standard InChI is InChI=1S/C23H29NO3/c1-5-23(6-2)14-19(18-9-7-8-10-20(18)27-23)24-22(25)15-26-21-13-16(3)11-12-17(21)4/h7-13,19H,5-6,14-15H2,1-4H3,(H,24,25). The molecule has 0 bridgehead atoms. The molecule has 0 aliphatic carbocycles. The summed E-state index contributed by atoms with van der Waals surface area (Å²) in [5, 5.41) is 3.16. The van der Waals surface area contributed by atoms with Gasteiger partial charge in [-0.25, -0.2) is 0 Å². The van der Waals surface area contributed by atoms with Gasteiger partial charge in [0, 0.05) is 12.0 Å². The smallest absolute Gasteiger partial charge is 0.258 e. The number of hydrogen-bond donors (Lipinski definition) is 1. The Morgan fingerprint density at radius 1 is 1.19 bits per heavy atom. The molecule has 2 aromatic rings. The normalized spacial score (nSPS) is 17.6. The molecule has 1 heterocycles. The van der Waals surface area contributed by atoms with Crippen molar-refractivity contribution in [2.45, 2.75) is 58.6 Å². The maximum absolute atomic E-state index is 12.6. The number of nitrogens with one attached hydrogen (secondary N) is 1. The van der Waals surface area contributed by atoms with E-state index in [1.54, 1.807) is 0 Å². The molecule has 0 saturated carbocycles. The third-order valence-corrected chi connectivity index (χ3v) is 5.52. The second-order valence-electron chi connectivity index (χ2n) is 7.41. The Morgan fingerprint density at radius 3 is 2.67 bits per heavy atom. The van der Waals surface area contributed by atoms with Gasteiger partial charge < -0.3 is 14.8 Å². The number of hydrogen-bond acceptors (Lipinski definition) is 3. The summed E-state index contributed by atoms with van der Waals surface area (Å²) in [6.45, 7) is 8.29. The Hall–Kier alpha value is -2.49. The number of rotatable bonds is 6. The van der Waals surface area contributed by atoms with Crippen LogP contribution in [-0.4, -0.2) is 18.1 Å². The number of aryl methyl sites for hydroxylation is 2. The average Bonchev–Trinajstić information content (AvgIpc) is 2.68. The maximum Gasteiger partial charge on any atom is 0.258 e. The third kappa shape index (κ3) is 4.26. The van der Waals surface area contributed by atoms with E-state index in [4.69, 9.17) is 9.47 Å². The Kier molecular flexibility index (Phi) is 5.73. The molecule has 1 N–H and O–H groups in total. The Labute approximate surface area is 161 Å². The van der Waals surface area contributed by atoms with Crippen LogP contribution >= 0.6 is 0 Å². The lowest BCUT2D eigenvalue weighted by Crippen LogP contribution is -2.45. The minimum Gasteiger partial charge on any atom is -0.487 e. The molecule has 0 spiro atoms. The Bertz CT molecular complexity index is 811. The molecular formula is C23H29NO3. The summed E-state index contributed by atoms with van der Waals surface area (Å²) in [7, 11) is 0. The summed E-state index contributed by atoms with van der Waals surface area (Å²) in [5.74, 6) is 1.51. The van der Waals surface area contributed by atoms with Crippen molar-refractivity contribution in [2.24, 2.45) is 0 Å². The van der Waals surface area contributed by atoms with E-state index in [0.717, 1.165) is 47.5 Å². The van der Waals surface area contributed by atoms with E-state index in [1.165, 1.54) is 0 Å². The van der Waals surface area contributed by atoms with E-state index in [9.17, 15) is 4.79 Å². The van der Waals surface area contributed by atoms with Crippen molar-refractivity contribution in [1.82, 2.24) is 5.32 Å². The van der Waals surface area contributed by atoms with Gasteiger partial charge in [0.1, 0.15) is 17.1 Å². The van der Waals surface area contributed by atoms with E-state index in [1.807, 2.05) is 56.3 Å². The Morgan fingerprint density at radius 2 is 1.93 bits per heavy atom. The predicted molar refractivity (Wildman–Crippen MR) is 107 cm³/mol. The largest absolute Gasteiger partial charge is 0.487 e. The van der Waals surface area contributed by atoms with Gasteiger partial charge in [-0.1, -0.05) is 44.2 Å². The third-order valence-electron chi connectivity index (χ3n) is 5.52. The number of carbonyl (C=O) groups is 1. The molecule has 0 saturated heterocycles. The molecule has 4 nitrogen and oxygen atoms in total. The Balaban J connectivity index is 1.71. The number of fused-ring (bicyclic) bond motifs is 1. The van der Waals surface area contributed by atoms with Crippen molar-refractivity contribution in [3.63, 3.8) is 0 Å². The van der Waals surface area contributed by atoms with Crippen LogP contribution in [-0.2, 0) is 4.79 Å². The highest BCUT2D eigenvalue weighted by Crippen LogP contribution is 2.42. The molecule has 0 aromatic heterocycles. The summed E-state index contributed by atoms with van der Waals surface area (Å²) >= 11 is 0. The van der Waals surface area contributed by atoms with Gasteiger partial charge in [-0.2, -0.15) is 0 Å². The first-order valence-corrected chi connectivity index (χ1v) is 9.73. The molecule has 1 aliphatic rings. The molecule has 1 unspecified atom stereocenters. The number of amides is 1. The second kappa shape index (κ2) is 8.03. The molecular weight excluding hydrogens is 338 g/mol. The quantitative estimate of drug-likeness (QED) is 0.791. The van der Waals surface area contributed by atoms with Crippen LogP contribution < -0.4 is 14.8 Å². The van der Waals surface area contributed by atoms with E-state index in [0.29, 0.717) is 0 Å². The molecule has 1 atom stereocenters. The first-order chi connectivity index (χ1) is 13.0. The lowest BCUT2D eigenvalue weighted by Gasteiger charge is -2.41. The zero-order chi connectivity index (χ0) is 19.4. The van der Waals surface area contributed by atoms with Crippen molar-refractivity contribution in [2.75, 3.05) is 6.61 Å². The predicted octanol–water partition coefficient (Wildman–Crippen LogP) is 4.88. The molecule has 0 radical (unpaired) electrons. The number of benzene rings is 2. The maximum atomic E-state index is 12.6. The van der Waals surface area contributed by atoms with Crippen molar-refractivity contribution < 1.29 is 14.3 Å². The molecule has 0 fully saturated rings. The van der Waals surface area contributed by atoms with Crippen LogP contribution in [0.5, 0.6) is 11.5 Å². The van der Waals surface area contributed by atoms with E-state index in [-0.39, 0.29) is 24.2 Å². The van der Waals surface area contributed by atoms with E-state index < -0.39 is 0 Å². The summed E-state index contributed by atoms with van der Waals surface area (Å²) in [5.41, 5.74) is 2.95. The molecule has 1 amide bonds. The van der Waals surface area contributed by atoms with Gasteiger partial charge in [-0.15, -0.1) is 0 Å². The number of carbonyl (C=O) groups excluding carboxylic acids is 1. The highest BCUT2D eigenvalue weighted by atomic mass is 16.5. The highest BCUT2D eigenvalue weighted by molar-refractivity contribution is 5.78. The number of ether oxygens (including phenoxy) is 2. The summed E-state index contributed by atoms with van der Waals surface area (Å²) in [6.07, 6.45) is 2.58. The van der Waals surface area contributed by atoms with Gasteiger partial charge in [0.05, 0.1) is 6.04 Å². The lowest BCUT2D eigenvalue weighted by atomic mass is 9.83. The minimum absolute atomic E-state index is 0.00900. The minimum atomic E-state index is -0.236. The van der Waals surface area contributed by atoms with Crippen LogP contribution in [0, 0.1) is 13.8 Å². The van der Waals surface area contributed by atoms with Crippen LogP contribution in [0.25, 0.3) is 0 Å². The SMILES string of the molecule is CCC1(CC)CC(NC(=O)COc2cc(C)ccc2C)c2ccccc2O1. The molecule has 27 heavy (non-hydrogen) atoms. The molecule has 3 rings (SSSR count). The van der Waals surface area contributed by atoms with Gasteiger partial charge in [-0.05, 0) is 49.9 Å². The van der Waals surface area contributed by atoms with Crippen LogP contribution in [0.1, 0.15) is 55.8 Å². The first kappa shape index (κ1) is 19.3. The van der Waals surface area contributed by atoms with Gasteiger partial charge in [0.2, 0.25) is 0 Å². The lowest BCUT2D eigenvalue weighted by molar-refractivity contribution is -0.124. The van der Waals surface area contributed by atoms with Crippen molar-refractivity contribution in [3.8, 4) is 11.5 Å². The topological polar surface area (TPSA) is 47.6 Å². The van der Waals surface area contributed by atoms with Gasteiger partial charge in [0.25, 0.3) is 5.91 Å². The van der Waals surface area contributed by atoms with E-state index >= 15 is 0 Å². The van der Waals surface area contributed by atoms with Gasteiger partial charge in [0.15, 0.2) is 6.61 Å². The van der Waals surface area contributed by atoms with Crippen molar-refractivity contribution in [3.05, 3.63) is 59.2 Å². The summed E-state index contributed by atoms with van der Waals surface area (Å²) in [4.78, 5) is 12.6. The van der Waals surface area contributed by atoms with Crippen LogP contribution in [0.2, 0.25) is 0 Å². The molecule has 144 valence electrons. The second-order valence-corrected chi connectivity index (χ2v) is 7.41. The van der Waals surface area contributed by atoms with Gasteiger partial charge in [-0.3, -0.25) is 4.79 Å². The number of para-hydroxylation sites is 1.